The first-order valence-corrected chi connectivity index (χ1v) is 16.6. The van der Waals surface area contributed by atoms with Crippen molar-refractivity contribution in [2.75, 3.05) is 0 Å². The van der Waals surface area contributed by atoms with Crippen molar-refractivity contribution in [3.8, 4) is 5.75 Å². The molecule has 0 aromatic carbocycles. The van der Waals surface area contributed by atoms with Crippen LogP contribution >= 0.6 is 0 Å². The second kappa shape index (κ2) is 10.5. The molecule has 1 heterocycles. The number of ether oxygens (including phenoxy) is 1. The van der Waals surface area contributed by atoms with Gasteiger partial charge in [0.2, 0.25) is 0 Å². The third-order valence-corrected chi connectivity index (χ3v) is 19.7. The van der Waals surface area contributed by atoms with E-state index in [0.29, 0.717) is 0 Å². The molecular weight excluding hydrogens is 422 g/mol. The first-order chi connectivity index (χ1) is 11.4. The Morgan fingerprint density at radius 3 is 1.75 bits per heavy atom. The van der Waals surface area contributed by atoms with Crippen LogP contribution in [0.2, 0.25) is 13.3 Å². The number of hydrogen-bond acceptors (Lipinski definition) is 2. The molecular formula is C18H30F3NOSn. The van der Waals surface area contributed by atoms with Crippen molar-refractivity contribution < 1.29 is 17.9 Å². The van der Waals surface area contributed by atoms with Crippen LogP contribution in [0.5, 0.6) is 5.75 Å². The molecule has 138 valence electrons. The minimum absolute atomic E-state index is 0.215. The Hall–Kier alpha value is -0.461. The number of unbranched alkanes of at least 4 members (excludes halogenated alkanes) is 3. The molecule has 0 aliphatic rings. The van der Waals surface area contributed by atoms with Gasteiger partial charge in [-0.1, -0.05) is 0 Å². The second-order valence-corrected chi connectivity index (χ2v) is 19.6. The van der Waals surface area contributed by atoms with Gasteiger partial charge in [0, 0.05) is 0 Å². The van der Waals surface area contributed by atoms with Crippen LogP contribution < -0.4 is 8.45 Å². The standard InChI is InChI=1S/C6H3F3NO.3C4H9.Sn/c7-6(8,9)11-5-2-1-3-10-4-5;3*1-3-4-2;/h1-2,4H;3*1,3-4H2,2H3;. The summed E-state index contributed by atoms with van der Waals surface area (Å²) < 4.78 is 45.9. The molecule has 1 aromatic heterocycles. The number of rotatable bonds is 11. The molecule has 6 heteroatoms. The summed E-state index contributed by atoms with van der Waals surface area (Å²) in [5.41, 5.74) is 0. The van der Waals surface area contributed by atoms with Crippen LogP contribution in [0.3, 0.4) is 0 Å². The van der Waals surface area contributed by atoms with Crippen LogP contribution in [0.25, 0.3) is 0 Å². The van der Waals surface area contributed by atoms with Gasteiger partial charge in [0.05, 0.1) is 0 Å². The summed E-state index contributed by atoms with van der Waals surface area (Å²) in [7, 11) is 0. The van der Waals surface area contributed by atoms with Crippen LogP contribution in [0.4, 0.5) is 13.2 Å². The van der Waals surface area contributed by atoms with Gasteiger partial charge in [-0.15, -0.1) is 0 Å². The van der Waals surface area contributed by atoms with Crippen molar-refractivity contribution in [2.45, 2.75) is 79.0 Å². The first-order valence-electron chi connectivity index (χ1n) is 9.09. The van der Waals surface area contributed by atoms with E-state index in [0.717, 1.165) is 23.0 Å². The first kappa shape index (κ1) is 21.6. The van der Waals surface area contributed by atoms with Gasteiger partial charge >= 0.3 is 148 Å². The molecule has 1 rings (SSSR count). The zero-order chi connectivity index (χ0) is 18.1. The number of hydrogen-bond donors (Lipinski definition) is 0. The van der Waals surface area contributed by atoms with E-state index >= 15 is 0 Å². The Morgan fingerprint density at radius 2 is 1.42 bits per heavy atom. The Balaban J connectivity index is 3.05. The van der Waals surface area contributed by atoms with E-state index in [9.17, 15) is 13.2 Å². The molecule has 0 aliphatic carbocycles. The maximum atomic E-state index is 12.3. The van der Waals surface area contributed by atoms with E-state index in [1.807, 2.05) is 6.07 Å². The van der Waals surface area contributed by atoms with Gasteiger partial charge in [-0.3, -0.25) is 0 Å². The predicted octanol–water partition coefficient (Wildman–Crippen LogP) is 6.04. The fraction of sp³-hybridized carbons (Fsp3) is 0.722. The average Bonchev–Trinajstić information content (AvgIpc) is 2.54. The van der Waals surface area contributed by atoms with E-state index in [1.165, 1.54) is 44.8 Å². The van der Waals surface area contributed by atoms with Crippen molar-refractivity contribution in [3.63, 3.8) is 0 Å². The van der Waals surface area contributed by atoms with Crippen LogP contribution in [0, 0.1) is 0 Å². The van der Waals surface area contributed by atoms with E-state index < -0.39 is 24.7 Å². The molecule has 0 bridgehead atoms. The van der Waals surface area contributed by atoms with E-state index in [1.54, 1.807) is 0 Å². The third kappa shape index (κ3) is 7.19. The summed E-state index contributed by atoms with van der Waals surface area (Å²) in [5.74, 6) is -0.215. The molecule has 24 heavy (non-hydrogen) atoms. The molecule has 0 radical (unpaired) electrons. The Morgan fingerprint density at radius 1 is 0.917 bits per heavy atom. The summed E-state index contributed by atoms with van der Waals surface area (Å²) in [4.78, 5) is 4.46. The monoisotopic (exact) mass is 453 g/mol. The van der Waals surface area contributed by atoms with Crippen molar-refractivity contribution in [2.24, 2.45) is 0 Å². The van der Waals surface area contributed by atoms with Gasteiger partial charge in [-0.2, -0.15) is 0 Å². The van der Waals surface area contributed by atoms with Crippen molar-refractivity contribution in [1.29, 1.82) is 0 Å². The molecule has 0 unspecified atom stereocenters. The molecule has 0 amide bonds. The van der Waals surface area contributed by atoms with Gasteiger partial charge < -0.3 is 0 Å². The van der Waals surface area contributed by atoms with Crippen LogP contribution in [-0.2, 0) is 0 Å². The quantitative estimate of drug-likeness (QED) is 0.383. The van der Waals surface area contributed by atoms with Crippen LogP contribution in [0.1, 0.15) is 59.3 Å². The summed E-state index contributed by atoms with van der Waals surface area (Å²) in [6.07, 6.45) is 3.68. The molecule has 0 fully saturated rings. The molecule has 0 atom stereocenters. The molecule has 0 N–H and O–H groups in total. The van der Waals surface area contributed by atoms with Crippen molar-refractivity contribution in [3.05, 3.63) is 18.3 Å². The van der Waals surface area contributed by atoms with Crippen molar-refractivity contribution in [1.82, 2.24) is 4.98 Å². The summed E-state index contributed by atoms with van der Waals surface area (Å²) in [6.45, 7) is 6.60. The normalized spacial score (nSPS) is 12.4. The number of pyridine rings is 1. The van der Waals surface area contributed by atoms with Crippen LogP contribution in [-0.4, -0.2) is 29.7 Å². The van der Waals surface area contributed by atoms with E-state index in [-0.39, 0.29) is 5.75 Å². The Kier molecular flexibility index (Phi) is 9.45. The number of alkyl halides is 3. The predicted molar refractivity (Wildman–Crippen MR) is 95.5 cm³/mol. The summed E-state index contributed by atoms with van der Waals surface area (Å²) in [6, 6.07) is 3.27. The zero-order valence-electron chi connectivity index (χ0n) is 15.1. The molecule has 0 spiro atoms. The van der Waals surface area contributed by atoms with Gasteiger partial charge in [-0.05, 0) is 0 Å². The minimum atomic E-state index is -4.66. The van der Waals surface area contributed by atoms with Gasteiger partial charge in [0.25, 0.3) is 0 Å². The fourth-order valence-electron chi connectivity index (χ4n) is 3.19. The number of halogens is 3. The molecule has 0 saturated carbocycles. The van der Waals surface area contributed by atoms with Crippen LogP contribution in [0.15, 0.2) is 18.3 Å². The molecule has 0 saturated heterocycles. The SMILES string of the molecule is CCC[CH2][Sn]([CH2]CCC)([CH2]CCC)[c]1ccc(OC(F)(F)F)cn1. The van der Waals surface area contributed by atoms with E-state index in [4.69, 9.17) is 0 Å². The maximum absolute atomic E-state index is 12.3. The van der Waals surface area contributed by atoms with Gasteiger partial charge in [0.1, 0.15) is 0 Å². The third-order valence-electron chi connectivity index (χ3n) is 4.54. The number of aromatic nitrogens is 1. The van der Waals surface area contributed by atoms with E-state index in [2.05, 4.69) is 30.5 Å². The average molecular weight is 452 g/mol. The molecule has 0 aliphatic heterocycles. The molecule has 2 nitrogen and oxygen atoms in total. The number of nitrogens with zero attached hydrogens (tertiary/aromatic N) is 1. The Bertz CT molecular complexity index is 441. The van der Waals surface area contributed by atoms with Crippen molar-refractivity contribution >= 4 is 22.1 Å². The second-order valence-electron chi connectivity index (χ2n) is 6.52. The zero-order valence-corrected chi connectivity index (χ0v) is 17.9. The van der Waals surface area contributed by atoms with Gasteiger partial charge in [0.15, 0.2) is 0 Å². The molecule has 1 aromatic rings. The summed E-state index contributed by atoms with van der Waals surface area (Å²) >= 11 is -2.65. The summed E-state index contributed by atoms with van der Waals surface area (Å²) in [5, 5.41) is 0. The fourth-order valence-corrected chi connectivity index (χ4v) is 18.6. The Labute approximate surface area is 148 Å². The topological polar surface area (TPSA) is 22.1 Å². The van der Waals surface area contributed by atoms with Gasteiger partial charge in [-0.25, -0.2) is 0 Å².